The second-order valence-electron chi connectivity index (χ2n) is 10.1. The van der Waals surface area contributed by atoms with Crippen LogP contribution in [0.15, 0.2) is 35.9 Å². The number of hydrogen-bond donors (Lipinski definition) is 1. The van der Waals surface area contributed by atoms with Crippen molar-refractivity contribution in [2.45, 2.75) is 64.4 Å². The van der Waals surface area contributed by atoms with Gasteiger partial charge in [-0.15, -0.1) is 0 Å². The van der Waals surface area contributed by atoms with E-state index in [-0.39, 0.29) is 11.5 Å². The summed E-state index contributed by atoms with van der Waals surface area (Å²) >= 11 is 0. The van der Waals surface area contributed by atoms with Gasteiger partial charge in [0.2, 0.25) is 0 Å². The molecule has 1 aromatic rings. The number of fused-ring (bicyclic) bond motifs is 4. The quantitative estimate of drug-likeness (QED) is 0.690. The SMILES string of the molecule is C[C@@]12C[C@@H]3CC[C@H]4C[C@H](O)CC[C@@H]4[C@H]3C[C@H]1CC(=Cc1ccccc1)C2=O. The van der Waals surface area contributed by atoms with E-state index in [1.165, 1.54) is 25.7 Å². The van der Waals surface area contributed by atoms with E-state index in [1.54, 1.807) is 0 Å². The summed E-state index contributed by atoms with van der Waals surface area (Å²) in [5.41, 5.74) is 2.08. The van der Waals surface area contributed by atoms with E-state index in [2.05, 4.69) is 25.1 Å². The van der Waals surface area contributed by atoms with Crippen LogP contribution in [0.1, 0.15) is 63.9 Å². The fourth-order valence-electron chi connectivity index (χ4n) is 7.26. The molecule has 27 heavy (non-hydrogen) atoms. The zero-order valence-electron chi connectivity index (χ0n) is 16.4. The summed E-state index contributed by atoms with van der Waals surface area (Å²) in [6, 6.07) is 10.3. The van der Waals surface area contributed by atoms with Crippen molar-refractivity contribution in [2.24, 2.45) is 35.0 Å². The van der Waals surface area contributed by atoms with Gasteiger partial charge in [0.25, 0.3) is 0 Å². The Morgan fingerprint density at radius 3 is 2.59 bits per heavy atom. The zero-order valence-corrected chi connectivity index (χ0v) is 16.4. The zero-order chi connectivity index (χ0) is 18.6. The average Bonchev–Trinajstić information content (AvgIpc) is 2.91. The number of aliphatic hydroxyl groups excluding tert-OH is 1. The third kappa shape index (κ3) is 2.92. The molecule has 0 spiro atoms. The number of carbonyl (C=O) groups excluding carboxylic acids is 1. The topological polar surface area (TPSA) is 37.3 Å². The maximum atomic E-state index is 13.4. The summed E-state index contributed by atoms with van der Waals surface area (Å²) in [5.74, 6) is 3.99. The third-order valence-corrected chi connectivity index (χ3v) is 8.64. The second kappa shape index (κ2) is 6.58. The minimum absolute atomic E-state index is 0.0647. The van der Waals surface area contributed by atoms with E-state index < -0.39 is 0 Å². The van der Waals surface area contributed by atoms with Crippen molar-refractivity contribution < 1.29 is 9.90 Å². The van der Waals surface area contributed by atoms with Crippen LogP contribution < -0.4 is 0 Å². The van der Waals surface area contributed by atoms with Crippen molar-refractivity contribution in [1.29, 1.82) is 0 Å². The average molecular weight is 365 g/mol. The predicted octanol–water partition coefficient (Wildman–Crippen LogP) is 5.26. The molecule has 4 aliphatic carbocycles. The van der Waals surface area contributed by atoms with Crippen molar-refractivity contribution in [3.8, 4) is 0 Å². The fourth-order valence-corrected chi connectivity index (χ4v) is 7.26. The largest absolute Gasteiger partial charge is 0.393 e. The summed E-state index contributed by atoms with van der Waals surface area (Å²) < 4.78 is 0. The number of allylic oxidation sites excluding steroid dienone is 1. The Bertz CT molecular complexity index is 751. The van der Waals surface area contributed by atoms with Gasteiger partial charge in [0.15, 0.2) is 5.78 Å². The van der Waals surface area contributed by atoms with Gasteiger partial charge in [-0.05, 0) is 98.2 Å². The Kier molecular flexibility index (Phi) is 4.31. The van der Waals surface area contributed by atoms with Crippen molar-refractivity contribution in [2.75, 3.05) is 0 Å². The van der Waals surface area contributed by atoms with E-state index in [1.807, 2.05) is 18.2 Å². The van der Waals surface area contributed by atoms with Crippen LogP contribution in [-0.4, -0.2) is 17.0 Å². The Morgan fingerprint density at radius 1 is 1.00 bits per heavy atom. The highest BCUT2D eigenvalue weighted by molar-refractivity contribution is 6.05. The molecule has 4 saturated carbocycles. The molecule has 0 bridgehead atoms. The highest BCUT2D eigenvalue weighted by atomic mass is 16.3. The lowest BCUT2D eigenvalue weighted by atomic mass is 9.51. The molecule has 0 heterocycles. The van der Waals surface area contributed by atoms with Gasteiger partial charge >= 0.3 is 0 Å². The summed E-state index contributed by atoms with van der Waals surface area (Å²) in [6.07, 6.45) is 11.1. The maximum absolute atomic E-state index is 13.4. The number of carbonyl (C=O) groups is 1. The van der Waals surface area contributed by atoms with E-state index in [9.17, 15) is 9.90 Å². The van der Waals surface area contributed by atoms with Crippen LogP contribution in [0.3, 0.4) is 0 Å². The molecule has 4 fully saturated rings. The van der Waals surface area contributed by atoms with Crippen LogP contribution in [0.4, 0.5) is 0 Å². The number of aliphatic hydroxyl groups is 1. The highest BCUT2D eigenvalue weighted by Gasteiger charge is 2.56. The Hall–Kier alpha value is -1.41. The molecule has 5 rings (SSSR count). The normalized spacial score (nSPS) is 45.3. The van der Waals surface area contributed by atoms with Gasteiger partial charge in [-0.1, -0.05) is 37.3 Å². The molecule has 144 valence electrons. The van der Waals surface area contributed by atoms with Crippen LogP contribution in [0.25, 0.3) is 6.08 Å². The Labute approximate surface area is 163 Å². The number of ketones is 1. The summed E-state index contributed by atoms with van der Waals surface area (Å²) in [6.45, 7) is 2.26. The molecule has 0 unspecified atom stereocenters. The second-order valence-corrected chi connectivity index (χ2v) is 10.1. The monoisotopic (exact) mass is 364 g/mol. The molecular formula is C25H32O2. The molecule has 7 atom stereocenters. The number of rotatable bonds is 1. The van der Waals surface area contributed by atoms with Crippen LogP contribution in [0.5, 0.6) is 0 Å². The van der Waals surface area contributed by atoms with Gasteiger partial charge in [-0.25, -0.2) is 0 Å². The molecule has 1 N–H and O–H groups in total. The minimum atomic E-state index is -0.136. The first-order valence-electron chi connectivity index (χ1n) is 11.0. The summed E-state index contributed by atoms with van der Waals surface area (Å²) in [4.78, 5) is 13.4. The highest BCUT2D eigenvalue weighted by Crippen LogP contribution is 2.61. The van der Waals surface area contributed by atoms with Crippen molar-refractivity contribution in [3.63, 3.8) is 0 Å². The molecule has 0 aromatic heterocycles. The van der Waals surface area contributed by atoms with E-state index in [4.69, 9.17) is 0 Å². The van der Waals surface area contributed by atoms with E-state index in [0.717, 1.165) is 60.5 Å². The number of Topliss-reactive ketones (excluding diaryl/α,β-unsaturated/α-hetero) is 1. The minimum Gasteiger partial charge on any atom is -0.393 e. The van der Waals surface area contributed by atoms with Gasteiger partial charge in [-0.2, -0.15) is 0 Å². The molecule has 0 radical (unpaired) electrons. The first kappa shape index (κ1) is 17.7. The van der Waals surface area contributed by atoms with Gasteiger partial charge in [0.1, 0.15) is 0 Å². The fraction of sp³-hybridized carbons (Fsp3) is 0.640. The van der Waals surface area contributed by atoms with Gasteiger partial charge < -0.3 is 5.11 Å². The lowest BCUT2D eigenvalue weighted by Gasteiger charge is -2.53. The van der Waals surface area contributed by atoms with Crippen LogP contribution in [0, 0.1) is 35.0 Å². The lowest BCUT2D eigenvalue weighted by molar-refractivity contribution is -0.130. The van der Waals surface area contributed by atoms with Crippen molar-refractivity contribution >= 4 is 11.9 Å². The van der Waals surface area contributed by atoms with Crippen molar-refractivity contribution in [3.05, 3.63) is 41.5 Å². The van der Waals surface area contributed by atoms with Crippen LogP contribution in [0.2, 0.25) is 0 Å². The standard InChI is InChI=1S/C25H32O2/c1-25-15-18-8-7-17-13-21(26)9-10-22(17)23(18)14-20(25)12-19(24(25)27)11-16-5-3-2-4-6-16/h2-6,11,17-18,20-23,26H,7-10,12-15H2,1H3/t17-,18-,20+,21+,22-,23-,25+/m0/s1. The van der Waals surface area contributed by atoms with Crippen LogP contribution >= 0.6 is 0 Å². The first-order valence-corrected chi connectivity index (χ1v) is 11.0. The molecule has 2 nitrogen and oxygen atoms in total. The Morgan fingerprint density at radius 2 is 1.78 bits per heavy atom. The molecular weight excluding hydrogens is 332 g/mol. The third-order valence-electron chi connectivity index (χ3n) is 8.64. The predicted molar refractivity (Wildman–Crippen MR) is 108 cm³/mol. The van der Waals surface area contributed by atoms with E-state index in [0.29, 0.717) is 11.7 Å². The van der Waals surface area contributed by atoms with Gasteiger partial charge in [0.05, 0.1) is 6.10 Å². The lowest BCUT2D eigenvalue weighted by Crippen LogP contribution is -2.47. The van der Waals surface area contributed by atoms with Crippen LogP contribution in [-0.2, 0) is 4.79 Å². The molecule has 0 saturated heterocycles. The smallest absolute Gasteiger partial charge is 0.165 e. The maximum Gasteiger partial charge on any atom is 0.165 e. The van der Waals surface area contributed by atoms with Gasteiger partial charge in [0, 0.05) is 5.41 Å². The molecule has 2 heteroatoms. The van der Waals surface area contributed by atoms with Crippen molar-refractivity contribution in [1.82, 2.24) is 0 Å². The molecule has 0 amide bonds. The summed E-state index contributed by atoms with van der Waals surface area (Å²) in [5, 5.41) is 10.1. The first-order chi connectivity index (χ1) is 13.0. The van der Waals surface area contributed by atoms with Gasteiger partial charge in [-0.3, -0.25) is 4.79 Å². The summed E-state index contributed by atoms with van der Waals surface area (Å²) in [7, 11) is 0. The molecule has 0 aliphatic heterocycles. The Balaban J connectivity index is 1.40. The van der Waals surface area contributed by atoms with E-state index >= 15 is 0 Å². The molecule has 4 aliphatic rings. The molecule has 1 aromatic carbocycles. The number of benzene rings is 1. The number of hydrogen-bond acceptors (Lipinski definition) is 2.